The lowest BCUT2D eigenvalue weighted by Gasteiger charge is -2.23. The molecule has 0 radical (unpaired) electrons. The van der Waals surface area contributed by atoms with Gasteiger partial charge in [-0.3, -0.25) is 0 Å². The van der Waals surface area contributed by atoms with Crippen LogP contribution in [0.1, 0.15) is 22.3 Å². The fourth-order valence-electron chi connectivity index (χ4n) is 3.65. The molecule has 0 saturated carbocycles. The van der Waals surface area contributed by atoms with Crippen molar-refractivity contribution < 1.29 is 10.2 Å². The largest absolute Gasteiger partial charge is 0.369 e. The highest BCUT2D eigenvalue weighted by molar-refractivity contribution is 5.50. The van der Waals surface area contributed by atoms with Gasteiger partial charge in [0.1, 0.15) is 0 Å². The summed E-state index contributed by atoms with van der Waals surface area (Å²) in [5.41, 5.74) is -0.375. The monoisotopic (exact) mass is 438 g/mol. The zero-order chi connectivity index (χ0) is 23.7. The molecule has 0 aromatic heterocycles. The van der Waals surface area contributed by atoms with Crippen molar-refractivity contribution in [3.8, 4) is 35.5 Å². The Morgan fingerprint density at radius 3 is 0.824 bits per heavy atom. The molecule has 0 heterocycles. The Morgan fingerprint density at radius 2 is 0.588 bits per heavy atom. The third-order valence-electron chi connectivity index (χ3n) is 5.44. The molecule has 0 aliphatic heterocycles. The van der Waals surface area contributed by atoms with Crippen LogP contribution in [-0.2, 0) is 11.2 Å². The van der Waals surface area contributed by atoms with Crippen LogP contribution >= 0.6 is 0 Å². The Bertz CT molecular complexity index is 1220. The van der Waals surface area contributed by atoms with Gasteiger partial charge in [0.25, 0.3) is 0 Å². The molecule has 162 valence electrons. The van der Waals surface area contributed by atoms with Gasteiger partial charge in [-0.05, 0) is 35.5 Å². The molecule has 4 aromatic rings. The lowest BCUT2D eigenvalue weighted by atomic mass is 9.87. The van der Waals surface area contributed by atoms with Crippen molar-refractivity contribution >= 4 is 0 Å². The van der Waals surface area contributed by atoms with Gasteiger partial charge in [0.05, 0.1) is 0 Å². The van der Waals surface area contributed by atoms with Crippen molar-refractivity contribution in [2.45, 2.75) is 11.2 Å². The van der Waals surface area contributed by atoms with E-state index in [2.05, 4.69) is 35.5 Å². The van der Waals surface area contributed by atoms with E-state index in [0.717, 1.165) is 0 Å². The first-order valence-electron chi connectivity index (χ1n) is 10.8. The van der Waals surface area contributed by atoms with E-state index in [1.54, 1.807) is 0 Å². The van der Waals surface area contributed by atoms with Crippen molar-refractivity contribution in [2.75, 3.05) is 0 Å². The summed E-state index contributed by atoms with van der Waals surface area (Å²) in [6.07, 6.45) is 0. The SMILES string of the molecule is OC(C#CC#CC#CC(O)(c1ccccc1)c1ccccc1)(c1ccccc1)c1ccccc1. The second kappa shape index (κ2) is 10.4. The van der Waals surface area contributed by atoms with E-state index in [9.17, 15) is 10.2 Å². The van der Waals surface area contributed by atoms with Gasteiger partial charge in [0, 0.05) is 22.3 Å². The fourth-order valence-corrected chi connectivity index (χ4v) is 3.65. The standard InChI is InChI=1S/C32H22O2/c33-31(27-17-7-3-8-18-27,28-19-9-4-10-20-28)25-15-1-2-16-26-32(34,29-21-11-5-12-22-29)30-23-13-6-14-24-30/h3-14,17-24,33-34H. The summed E-state index contributed by atoms with van der Waals surface area (Å²) in [4.78, 5) is 0. The molecule has 0 unspecified atom stereocenters. The molecule has 0 saturated heterocycles. The van der Waals surface area contributed by atoms with Crippen LogP contribution in [0.5, 0.6) is 0 Å². The predicted molar refractivity (Wildman–Crippen MR) is 135 cm³/mol. The normalized spacial score (nSPS) is 10.5. The highest BCUT2D eigenvalue weighted by Crippen LogP contribution is 2.29. The molecule has 0 atom stereocenters. The van der Waals surface area contributed by atoms with Crippen LogP contribution in [0.2, 0.25) is 0 Å². The molecule has 0 aliphatic rings. The van der Waals surface area contributed by atoms with Crippen molar-refractivity contribution in [2.24, 2.45) is 0 Å². The summed E-state index contributed by atoms with van der Waals surface area (Å²) in [6.45, 7) is 0. The molecule has 2 N–H and O–H groups in total. The Hall–Kier alpha value is -4.52. The molecule has 0 amide bonds. The van der Waals surface area contributed by atoms with E-state index in [4.69, 9.17) is 0 Å². The topological polar surface area (TPSA) is 40.5 Å². The van der Waals surface area contributed by atoms with Gasteiger partial charge in [-0.1, -0.05) is 121 Å². The molecular weight excluding hydrogens is 416 g/mol. The van der Waals surface area contributed by atoms with Gasteiger partial charge in [0.2, 0.25) is 0 Å². The molecule has 2 nitrogen and oxygen atoms in total. The molecule has 0 spiro atoms. The predicted octanol–water partition coefficient (Wildman–Crippen LogP) is 4.87. The molecule has 0 aliphatic carbocycles. The first-order chi connectivity index (χ1) is 16.6. The second-order valence-electron chi connectivity index (χ2n) is 7.63. The lowest BCUT2D eigenvalue weighted by molar-refractivity contribution is 0.145. The lowest BCUT2D eigenvalue weighted by Crippen LogP contribution is -2.25. The van der Waals surface area contributed by atoms with Gasteiger partial charge in [-0.25, -0.2) is 0 Å². The average molecular weight is 439 g/mol. The molecule has 0 bridgehead atoms. The third-order valence-corrected chi connectivity index (χ3v) is 5.44. The van der Waals surface area contributed by atoms with Crippen molar-refractivity contribution in [3.05, 3.63) is 144 Å². The zero-order valence-electron chi connectivity index (χ0n) is 18.4. The third kappa shape index (κ3) is 4.94. The van der Waals surface area contributed by atoms with Gasteiger partial charge in [-0.2, -0.15) is 0 Å². The molecule has 4 aromatic carbocycles. The van der Waals surface area contributed by atoms with E-state index < -0.39 is 11.2 Å². The number of aliphatic hydroxyl groups is 2. The van der Waals surface area contributed by atoms with Gasteiger partial charge in [0.15, 0.2) is 11.2 Å². The van der Waals surface area contributed by atoms with Crippen LogP contribution in [0.15, 0.2) is 121 Å². The van der Waals surface area contributed by atoms with Crippen LogP contribution in [0.3, 0.4) is 0 Å². The first-order valence-corrected chi connectivity index (χ1v) is 10.8. The average Bonchev–Trinajstić information content (AvgIpc) is 2.92. The van der Waals surface area contributed by atoms with E-state index in [1.165, 1.54) is 0 Å². The number of benzene rings is 4. The van der Waals surface area contributed by atoms with Crippen LogP contribution < -0.4 is 0 Å². The summed E-state index contributed by atoms with van der Waals surface area (Å²) >= 11 is 0. The van der Waals surface area contributed by atoms with Crippen LogP contribution in [0.25, 0.3) is 0 Å². The van der Waals surface area contributed by atoms with Gasteiger partial charge < -0.3 is 10.2 Å². The zero-order valence-corrected chi connectivity index (χ0v) is 18.4. The smallest absolute Gasteiger partial charge is 0.177 e. The van der Waals surface area contributed by atoms with Crippen molar-refractivity contribution in [3.63, 3.8) is 0 Å². The van der Waals surface area contributed by atoms with E-state index in [0.29, 0.717) is 22.3 Å². The maximum absolute atomic E-state index is 11.4. The summed E-state index contributed by atoms with van der Waals surface area (Å²) in [5.74, 6) is 16.7. The van der Waals surface area contributed by atoms with Crippen molar-refractivity contribution in [1.29, 1.82) is 0 Å². The van der Waals surface area contributed by atoms with Crippen molar-refractivity contribution in [1.82, 2.24) is 0 Å². The summed E-state index contributed by atoms with van der Waals surface area (Å²) in [6, 6.07) is 37.0. The number of hydrogen-bond donors (Lipinski definition) is 2. The Labute approximate surface area is 200 Å². The first kappa shape index (κ1) is 22.7. The molecule has 2 heteroatoms. The highest BCUT2D eigenvalue weighted by Gasteiger charge is 2.30. The number of rotatable bonds is 4. The maximum atomic E-state index is 11.4. The quantitative estimate of drug-likeness (QED) is 0.447. The van der Waals surface area contributed by atoms with Gasteiger partial charge in [-0.15, -0.1) is 0 Å². The Balaban J connectivity index is 1.67. The minimum Gasteiger partial charge on any atom is -0.369 e. The fraction of sp³-hybridized carbons (Fsp3) is 0.0625. The highest BCUT2D eigenvalue weighted by atomic mass is 16.3. The molecule has 0 fully saturated rings. The van der Waals surface area contributed by atoms with Gasteiger partial charge >= 0.3 is 0 Å². The summed E-state index contributed by atoms with van der Waals surface area (Å²) < 4.78 is 0. The number of hydrogen-bond acceptors (Lipinski definition) is 2. The minimum absolute atomic E-state index is 0.657. The van der Waals surface area contributed by atoms with E-state index in [-0.39, 0.29) is 0 Å². The second-order valence-corrected chi connectivity index (χ2v) is 7.63. The molecular formula is C32H22O2. The van der Waals surface area contributed by atoms with Crippen LogP contribution in [0.4, 0.5) is 0 Å². The molecule has 4 rings (SSSR count). The summed E-state index contributed by atoms with van der Waals surface area (Å²) in [5, 5.41) is 22.8. The van der Waals surface area contributed by atoms with E-state index in [1.807, 2.05) is 121 Å². The van der Waals surface area contributed by atoms with Crippen LogP contribution in [0, 0.1) is 35.5 Å². The van der Waals surface area contributed by atoms with Crippen LogP contribution in [-0.4, -0.2) is 10.2 Å². The molecule has 34 heavy (non-hydrogen) atoms. The Morgan fingerprint density at radius 1 is 0.353 bits per heavy atom. The summed E-state index contributed by atoms with van der Waals surface area (Å²) in [7, 11) is 0. The Kier molecular flexibility index (Phi) is 6.93. The maximum Gasteiger partial charge on any atom is 0.177 e. The van der Waals surface area contributed by atoms with E-state index >= 15 is 0 Å². The minimum atomic E-state index is -1.50.